The molecule has 1 aromatic carbocycles. The molecule has 1 aliphatic carbocycles. The smallest absolute Gasteiger partial charge is 0.237 e. The Kier molecular flexibility index (Phi) is 3.74. The van der Waals surface area contributed by atoms with Crippen LogP contribution in [0.3, 0.4) is 0 Å². The molecule has 4 nitrogen and oxygen atoms in total. The fourth-order valence-electron chi connectivity index (χ4n) is 2.57. The summed E-state index contributed by atoms with van der Waals surface area (Å²) in [6.07, 6.45) is 6.24. The van der Waals surface area contributed by atoms with Gasteiger partial charge in [0.2, 0.25) is 5.91 Å². The number of hydrogen-bond acceptors (Lipinski definition) is 2. The van der Waals surface area contributed by atoms with E-state index in [1.54, 1.807) is 0 Å². The van der Waals surface area contributed by atoms with Crippen molar-refractivity contribution < 1.29 is 4.79 Å². The van der Waals surface area contributed by atoms with Gasteiger partial charge in [-0.15, -0.1) is 0 Å². The SMILES string of the molecule is N[C@@H](Cc1c[nH]c2ccccc12)C(=O)NCCC1CC1. The van der Waals surface area contributed by atoms with Crippen molar-refractivity contribution in [2.75, 3.05) is 6.54 Å². The summed E-state index contributed by atoms with van der Waals surface area (Å²) in [5.41, 5.74) is 8.20. The van der Waals surface area contributed by atoms with Gasteiger partial charge >= 0.3 is 0 Å². The topological polar surface area (TPSA) is 70.9 Å². The number of hydrogen-bond donors (Lipinski definition) is 3. The second kappa shape index (κ2) is 5.67. The first-order valence-corrected chi connectivity index (χ1v) is 7.32. The van der Waals surface area contributed by atoms with Crippen LogP contribution in [0.5, 0.6) is 0 Å². The van der Waals surface area contributed by atoms with Gasteiger partial charge in [-0.1, -0.05) is 31.0 Å². The van der Waals surface area contributed by atoms with Crippen LogP contribution in [0.1, 0.15) is 24.8 Å². The van der Waals surface area contributed by atoms with E-state index in [1.807, 2.05) is 24.4 Å². The predicted molar refractivity (Wildman–Crippen MR) is 80.3 cm³/mol. The first-order chi connectivity index (χ1) is 9.74. The lowest BCUT2D eigenvalue weighted by atomic mass is 10.1. The summed E-state index contributed by atoms with van der Waals surface area (Å²) in [6.45, 7) is 0.755. The zero-order chi connectivity index (χ0) is 13.9. The number of carbonyl (C=O) groups excluding carboxylic acids is 1. The number of benzene rings is 1. The maximum absolute atomic E-state index is 12.0. The normalized spacial score (nSPS) is 16.2. The first kappa shape index (κ1) is 13.2. The maximum Gasteiger partial charge on any atom is 0.237 e. The number of aromatic amines is 1. The molecule has 3 rings (SSSR count). The Labute approximate surface area is 118 Å². The lowest BCUT2D eigenvalue weighted by Crippen LogP contribution is -2.42. The standard InChI is InChI=1S/C16H21N3O/c17-14(16(20)18-8-7-11-5-6-11)9-12-10-19-15-4-2-1-3-13(12)15/h1-4,10-11,14,19H,5-9,17H2,(H,18,20)/t14-/m0/s1. The third kappa shape index (κ3) is 3.02. The van der Waals surface area contributed by atoms with Gasteiger partial charge in [-0.05, 0) is 30.4 Å². The van der Waals surface area contributed by atoms with Crippen LogP contribution < -0.4 is 11.1 Å². The van der Waals surface area contributed by atoms with Crippen LogP contribution in [-0.2, 0) is 11.2 Å². The molecule has 1 amide bonds. The van der Waals surface area contributed by atoms with E-state index in [0.29, 0.717) is 6.42 Å². The monoisotopic (exact) mass is 271 g/mol. The van der Waals surface area contributed by atoms with Gasteiger partial charge in [0.25, 0.3) is 0 Å². The van der Waals surface area contributed by atoms with Gasteiger partial charge in [-0.3, -0.25) is 4.79 Å². The molecule has 0 bridgehead atoms. The number of nitrogens with one attached hydrogen (secondary N) is 2. The van der Waals surface area contributed by atoms with Crippen molar-refractivity contribution >= 4 is 16.8 Å². The minimum absolute atomic E-state index is 0.0454. The Hall–Kier alpha value is -1.81. The highest BCUT2D eigenvalue weighted by Gasteiger charge is 2.21. The molecule has 1 heterocycles. The zero-order valence-electron chi connectivity index (χ0n) is 11.6. The van der Waals surface area contributed by atoms with Crippen LogP contribution in [-0.4, -0.2) is 23.5 Å². The van der Waals surface area contributed by atoms with Crippen LogP contribution in [0.15, 0.2) is 30.5 Å². The fraction of sp³-hybridized carbons (Fsp3) is 0.438. The van der Waals surface area contributed by atoms with Crippen LogP contribution in [0.2, 0.25) is 0 Å². The molecule has 1 atom stereocenters. The van der Waals surface area contributed by atoms with Crippen molar-refractivity contribution in [1.29, 1.82) is 0 Å². The number of nitrogens with two attached hydrogens (primary N) is 1. The number of rotatable bonds is 6. The highest BCUT2D eigenvalue weighted by Crippen LogP contribution is 2.31. The second-order valence-electron chi connectivity index (χ2n) is 5.69. The van der Waals surface area contributed by atoms with E-state index in [9.17, 15) is 4.79 Å². The van der Waals surface area contributed by atoms with E-state index in [-0.39, 0.29) is 5.91 Å². The molecule has 2 aromatic rings. The van der Waals surface area contributed by atoms with E-state index in [4.69, 9.17) is 5.73 Å². The molecule has 4 N–H and O–H groups in total. The van der Waals surface area contributed by atoms with Gasteiger partial charge in [0.05, 0.1) is 6.04 Å². The van der Waals surface area contributed by atoms with E-state index in [0.717, 1.165) is 35.3 Å². The minimum atomic E-state index is -0.478. The van der Waals surface area contributed by atoms with E-state index >= 15 is 0 Å². The molecule has 0 spiro atoms. The van der Waals surface area contributed by atoms with Crippen LogP contribution in [0.4, 0.5) is 0 Å². The number of amides is 1. The number of H-pyrrole nitrogens is 1. The summed E-state index contributed by atoms with van der Waals surface area (Å²) in [4.78, 5) is 15.2. The van der Waals surface area contributed by atoms with Crippen LogP contribution in [0, 0.1) is 5.92 Å². The number of aromatic nitrogens is 1. The summed E-state index contributed by atoms with van der Waals surface area (Å²) in [7, 11) is 0. The molecule has 1 fully saturated rings. The van der Waals surface area contributed by atoms with Crippen LogP contribution >= 0.6 is 0 Å². The Balaban J connectivity index is 1.56. The molecule has 1 saturated carbocycles. The lowest BCUT2D eigenvalue weighted by molar-refractivity contribution is -0.122. The first-order valence-electron chi connectivity index (χ1n) is 7.32. The van der Waals surface area contributed by atoms with Crippen molar-refractivity contribution in [2.24, 2.45) is 11.7 Å². The maximum atomic E-state index is 12.0. The van der Waals surface area contributed by atoms with Crippen LogP contribution in [0.25, 0.3) is 10.9 Å². The Morgan fingerprint density at radius 2 is 2.20 bits per heavy atom. The molecule has 0 radical (unpaired) electrons. The number of para-hydroxylation sites is 1. The Bertz CT molecular complexity index is 601. The quantitative estimate of drug-likeness (QED) is 0.751. The molecule has 106 valence electrons. The predicted octanol–water partition coefficient (Wildman–Crippen LogP) is 1.95. The van der Waals surface area contributed by atoms with E-state index in [1.165, 1.54) is 12.8 Å². The summed E-state index contributed by atoms with van der Waals surface area (Å²) in [5.74, 6) is 0.788. The van der Waals surface area contributed by atoms with Gasteiger partial charge < -0.3 is 16.0 Å². The lowest BCUT2D eigenvalue weighted by Gasteiger charge is -2.11. The van der Waals surface area contributed by atoms with E-state index in [2.05, 4.69) is 16.4 Å². The summed E-state index contributed by atoms with van der Waals surface area (Å²) in [6, 6.07) is 7.60. The third-order valence-corrected chi connectivity index (χ3v) is 4.00. The molecule has 0 saturated heterocycles. The highest BCUT2D eigenvalue weighted by molar-refractivity contribution is 5.86. The van der Waals surface area contributed by atoms with Gasteiger partial charge in [-0.2, -0.15) is 0 Å². The zero-order valence-corrected chi connectivity index (χ0v) is 11.6. The third-order valence-electron chi connectivity index (χ3n) is 4.00. The second-order valence-corrected chi connectivity index (χ2v) is 5.69. The highest BCUT2D eigenvalue weighted by atomic mass is 16.2. The van der Waals surface area contributed by atoms with Gasteiger partial charge in [0, 0.05) is 23.6 Å². The minimum Gasteiger partial charge on any atom is -0.361 e. The molecule has 1 aliphatic rings. The van der Waals surface area contributed by atoms with Gasteiger partial charge in [-0.25, -0.2) is 0 Å². The largest absolute Gasteiger partial charge is 0.361 e. The van der Waals surface area contributed by atoms with Gasteiger partial charge in [0.15, 0.2) is 0 Å². The summed E-state index contributed by atoms with van der Waals surface area (Å²) < 4.78 is 0. The number of carbonyl (C=O) groups is 1. The average molecular weight is 271 g/mol. The van der Waals surface area contributed by atoms with Crippen molar-refractivity contribution in [3.05, 3.63) is 36.0 Å². The fourth-order valence-corrected chi connectivity index (χ4v) is 2.57. The molecule has 0 unspecified atom stereocenters. The van der Waals surface area contributed by atoms with E-state index < -0.39 is 6.04 Å². The Morgan fingerprint density at radius 1 is 1.40 bits per heavy atom. The average Bonchev–Trinajstić information content (AvgIpc) is 3.20. The molecule has 0 aliphatic heterocycles. The summed E-state index contributed by atoms with van der Waals surface area (Å²) >= 11 is 0. The summed E-state index contributed by atoms with van der Waals surface area (Å²) in [5, 5.41) is 4.09. The van der Waals surface area contributed by atoms with Crippen molar-refractivity contribution in [3.8, 4) is 0 Å². The molecule has 20 heavy (non-hydrogen) atoms. The number of fused-ring (bicyclic) bond motifs is 1. The Morgan fingerprint density at radius 3 is 3.00 bits per heavy atom. The van der Waals surface area contributed by atoms with Crippen molar-refractivity contribution in [1.82, 2.24) is 10.3 Å². The molecule has 1 aromatic heterocycles. The van der Waals surface area contributed by atoms with Crippen molar-refractivity contribution in [2.45, 2.75) is 31.7 Å². The molecule has 4 heteroatoms. The van der Waals surface area contributed by atoms with Crippen molar-refractivity contribution in [3.63, 3.8) is 0 Å². The molecular weight excluding hydrogens is 250 g/mol. The van der Waals surface area contributed by atoms with Gasteiger partial charge in [0.1, 0.15) is 0 Å². The molecular formula is C16H21N3O.